The smallest absolute Gasteiger partial charge is 0.304 e. The van der Waals surface area contributed by atoms with Gasteiger partial charge in [-0.1, -0.05) is 17.4 Å². The third-order valence-corrected chi connectivity index (χ3v) is 4.17. The van der Waals surface area contributed by atoms with Crippen LogP contribution in [0.25, 0.3) is 0 Å². The van der Waals surface area contributed by atoms with Crippen molar-refractivity contribution in [1.82, 2.24) is 4.98 Å². The molecule has 3 rings (SSSR count). The maximum Gasteiger partial charge on any atom is 0.304 e. The third kappa shape index (κ3) is 5.12. The van der Waals surface area contributed by atoms with Crippen LogP contribution in [0.15, 0.2) is 53.5 Å². The number of ether oxygens (including phenoxy) is 1. The maximum atomic E-state index is 10.9. The van der Waals surface area contributed by atoms with Crippen LogP contribution in [0.2, 0.25) is 0 Å². The largest absolute Gasteiger partial charge is 0.870 e. The molecule has 7 heteroatoms. The molecule has 0 atom stereocenters. The molecule has 0 aliphatic carbocycles. The zero-order valence-corrected chi connectivity index (χ0v) is 15.2. The lowest BCUT2D eigenvalue weighted by Crippen LogP contribution is -2.34. The van der Waals surface area contributed by atoms with Crippen LogP contribution in [-0.2, 0) is 0 Å². The van der Waals surface area contributed by atoms with Gasteiger partial charge in [-0.25, -0.2) is 9.97 Å². The summed E-state index contributed by atoms with van der Waals surface area (Å²) in [6.07, 6.45) is 7.30. The summed E-state index contributed by atoms with van der Waals surface area (Å²) in [5.74, 6) is 7.59. The first kappa shape index (κ1) is 20.1. The Labute approximate surface area is 158 Å². The van der Waals surface area contributed by atoms with Gasteiger partial charge in [0, 0.05) is 19.0 Å². The van der Waals surface area contributed by atoms with Gasteiger partial charge in [-0.2, -0.15) is 0 Å². The molecule has 1 saturated heterocycles. The van der Waals surface area contributed by atoms with E-state index in [1.807, 2.05) is 31.3 Å². The van der Waals surface area contributed by atoms with Gasteiger partial charge in [0.2, 0.25) is 5.88 Å². The van der Waals surface area contributed by atoms with Crippen LogP contribution in [0.4, 0.5) is 11.5 Å². The number of aromatic amines is 1. The van der Waals surface area contributed by atoms with Crippen molar-refractivity contribution in [2.45, 2.75) is 19.8 Å². The first-order valence-corrected chi connectivity index (χ1v) is 8.68. The Morgan fingerprint density at radius 2 is 2.15 bits per heavy atom. The summed E-state index contributed by atoms with van der Waals surface area (Å²) in [4.78, 5) is 20.4. The van der Waals surface area contributed by atoms with Gasteiger partial charge in [0.15, 0.2) is 5.69 Å². The Kier molecular flexibility index (Phi) is 7.47. The fourth-order valence-corrected chi connectivity index (χ4v) is 2.86. The fraction of sp³-hybridized carbons (Fsp3) is 0.300. The van der Waals surface area contributed by atoms with Crippen LogP contribution in [-0.4, -0.2) is 30.2 Å². The number of allylic oxidation sites excluding steroid dienone is 1. The van der Waals surface area contributed by atoms with Crippen LogP contribution in [0.5, 0.6) is 5.88 Å². The lowest BCUT2D eigenvalue weighted by molar-refractivity contribution is -0.363. The van der Waals surface area contributed by atoms with E-state index in [1.165, 1.54) is 5.57 Å². The van der Waals surface area contributed by atoms with Crippen molar-refractivity contribution in [2.24, 2.45) is 5.18 Å². The molecule has 140 valence electrons. The van der Waals surface area contributed by atoms with Crippen molar-refractivity contribution >= 4 is 11.5 Å². The second kappa shape index (κ2) is 10.0. The zero-order chi connectivity index (χ0) is 18.2. The topological polar surface area (TPSA) is 98.9 Å². The standard InChI is InChI=1S/C20H20N4O2.H2O/c1-2-26-20-17(8-4-13-22-20)7-3-6-16-10-14-24(15-11-16)19-18(23-25)9-5-12-21-19;/h4-6,8-9,12-13H,2,10-11,14-15H2,1H3;1H2. The highest BCUT2D eigenvalue weighted by atomic mass is 16.5. The van der Waals surface area contributed by atoms with Gasteiger partial charge in [0.25, 0.3) is 0 Å². The number of nitroso groups, excluding NO2 is 1. The Morgan fingerprint density at radius 3 is 2.89 bits per heavy atom. The van der Waals surface area contributed by atoms with E-state index in [1.54, 1.807) is 18.3 Å². The van der Waals surface area contributed by atoms with Gasteiger partial charge < -0.3 is 10.2 Å². The van der Waals surface area contributed by atoms with E-state index in [4.69, 9.17) is 4.74 Å². The minimum absolute atomic E-state index is 0. The first-order chi connectivity index (χ1) is 12.8. The number of pyridine rings is 2. The third-order valence-electron chi connectivity index (χ3n) is 4.17. The van der Waals surface area contributed by atoms with Crippen molar-refractivity contribution in [1.29, 1.82) is 0 Å². The summed E-state index contributed by atoms with van der Waals surface area (Å²) >= 11 is 0. The molecule has 1 aliphatic rings. The Hall–Kier alpha value is -3.24. The van der Waals surface area contributed by atoms with E-state index in [9.17, 15) is 4.91 Å². The number of hydrogen-bond donors (Lipinski definition) is 0. The van der Waals surface area contributed by atoms with Crippen molar-refractivity contribution < 1.29 is 15.2 Å². The Morgan fingerprint density at radius 1 is 1.33 bits per heavy atom. The molecule has 7 nitrogen and oxygen atoms in total. The highest BCUT2D eigenvalue weighted by Crippen LogP contribution is 2.27. The predicted molar refractivity (Wildman–Crippen MR) is 102 cm³/mol. The SMILES string of the molecule is CCOc1ncccc1C#CC=C1CCN(c2[nH+]cccc2N=O)CC1.[OH-]. The first-order valence-electron chi connectivity index (χ1n) is 8.68. The summed E-state index contributed by atoms with van der Waals surface area (Å²) in [5.41, 5.74) is 2.54. The molecular weight excluding hydrogens is 344 g/mol. The van der Waals surface area contributed by atoms with Crippen molar-refractivity contribution in [3.8, 4) is 17.7 Å². The second-order valence-corrected chi connectivity index (χ2v) is 5.84. The summed E-state index contributed by atoms with van der Waals surface area (Å²) < 4.78 is 5.49. The highest BCUT2D eigenvalue weighted by Gasteiger charge is 2.24. The maximum absolute atomic E-state index is 10.9. The number of anilines is 1. The minimum atomic E-state index is 0. The number of H-pyrrole nitrogens is 1. The van der Waals surface area contributed by atoms with Crippen LogP contribution in [0.1, 0.15) is 25.3 Å². The molecule has 2 N–H and O–H groups in total. The monoisotopic (exact) mass is 366 g/mol. The second-order valence-electron chi connectivity index (χ2n) is 5.84. The zero-order valence-electron chi connectivity index (χ0n) is 15.2. The fourth-order valence-electron chi connectivity index (χ4n) is 2.86. The Bertz CT molecular complexity index is 861. The molecule has 2 aromatic heterocycles. The summed E-state index contributed by atoms with van der Waals surface area (Å²) in [6.45, 7) is 4.15. The van der Waals surface area contributed by atoms with Gasteiger partial charge >= 0.3 is 5.82 Å². The number of nitrogens with one attached hydrogen (secondary N) is 1. The summed E-state index contributed by atoms with van der Waals surface area (Å²) in [5, 5.41) is 3.09. The number of piperidine rings is 1. The molecule has 0 amide bonds. The molecule has 0 bridgehead atoms. The van der Waals surface area contributed by atoms with Crippen molar-refractivity contribution in [3.63, 3.8) is 0 Å². The Balaban J connectivity index is 0.00000261. The van der Waals surface area contributed by atoms with Gasteiger partial charge in [-0.05, 0) is 42.4 Å². The van der Waals surface area contributed by atoms with E-state index >= 15 is 0 Å². The van der Waals surface area contributed by atoms with Gasteiger partial charge in [-0.3, -0.25) is 4.90 Å². The number of hydrogen-bond acceptors (Lipinski definition) is 6. The lowest BCUT2D eigenvalue weighted by atomic mass is 10.0. The van der Waals surface area contributed by atoms with Crippen LogP contribution < -0.4 is 14.6 Å². The molecule has 0 radical (unpaired) electrons. The highest BCUT2D eigenvalue weighted by molar-refractivity contribution is 5.58. The molecule has 0 spiro atoms. The van der Waals surface area contributed by atoms with E-state index < -0.39 is 0 Å². The quantitative estimate of drug-likeness (QED) is 0.611. The number of rotatable bonds is 4. The minimum Gasteiger partial charge on any atom is -0.870 e. The molecule has 1 aliphatic heterocycles. The van der Waals surface area contributed by atoms with E-state index in [-0.39, 0.29) is 5.48 Å². The molecule has 0 unspecified atom stereocenters. The van der Waals surface area contributed by atoms with Crippen LogP contribution >= 0.6 is 0 Å². The molecule has 0 saturated carbocycles. The average Bonchev–Trinajstić information content (AvgIpc) is 2.70. The molecule has 1 fully saturated rings. The van der Waals surface area contributed by atoms with E-state index in [2.05, 4.69) is 31.9 Å². The molecule has 0 aromatic carbocycles. The average molecular weight is 366 g/mol. The predicted octanol–water partition coefficient (Wildman–Crippen LogP) is 3.09. The number of nitrogens with zero attached hydrogens (tertiary/aromatic N) is 3. The molecule has 27 heavy (non-hydrogen) atoms. The molecular formula is C20H22N4O3. The van der Waals surface area contributed by atoms with E-state index in [0.717, 1.165) is 37.3 Å². The van der Waals surface area contributed by atoms with Crippen LogP contribution in [0, 0.1) is 16.7 Å². The van der Waals surface area contributed by atoms with Crippen LogP contribution in [0.3, 0.4) is 0 Å². The van der Waals surface area contributed by atoms with Gasteiger partial charge in [0.05, 0.1) is 31.5 Å². The van der Waals surface area contributed by atoms with Crippen molar-refractivity contribution in [2.75, 3.05) is 24.6 Å². The summed E-state index contributed by atoms with van der Waals surface area (Å²) in [6, 6.07) is 7.26. The lowest BCUT2D eigenvalue weighted by Gasteiger charge is -2.23. The normalized spacial score (nSPS) is 13.1. The van der Waals surface area contributed by atoms with Gasteiger partial charge in [0.1, 0.15) is 0 Å². The molecule has 2 aromatic rings. The van der Waals surface area contributed by atoms with Crippen molar-refractivity contribution in [3.05, 3.63) is 58.8 Å². The summed E-state index contributed by atoms with van der Waals surface area (Å²) in [7, 11) is 0. The van der Waals surface area contributed by atoms with E-state index in [0.29, 0.717) is 18.2 Å². The van der Waals surface area contributed by atoms with Gasteiger partial charge in [-0.15, -0.1) is 4.91 Å². The number of aromatic nitrogens is 2. The molecule has 3 heterocycles.